The van der Waals surface area contributed by atoms with Crippen LogP contribution in [0, 0.1) is 6.92 Å². The molecule has 0 radical (unpaired) electrons. The van der Waals surface area contributed by atoms with Crippen molar-refractivity contribution in [2.75, 3.05) is 0 Å². The number of hydrogen-bond donors (Lipinski definition) is 0. The van der Waals surface area contributed by atoms with Crippen molar-refractivity contribution >= 4 is 23.5 Å². The van der Waals surface area contributed by atoms with E-state index in [9.17, 15) is 4.79 Å². The average Bonchev–Trinajstić information content (AvgIpc) is 3.15. The second-order valence-electron chi connectivity index (χ2n) is 4.80. The Balaban J connectivity index is 1.75. The van der Waals surface area contributed by atoms with Gasteiger partial charge in [0.05, 0.1) is 11.9 Å². The van der Waals surface area contributed by atoms with Crippen molar-refractivity contribution in [1.82, 2.24) is 9.78 Å². The van der Waals surface area contributed by atoms with Crippen molar-refractivity contribution in [3.63, 3.8) is 0 Å². The molecule has 0 fully saturated rings. The summed E-state index contributed by atoms with van der Waals surface area (Å²) < 4.78 is 7.01. The van der Waals surface area contributed by atoms with Crippen LogP contribution in [0.1, 0.15) is 21.9 Å². The third-order valence-electron chi connectivity index (χ3n) is 3.10. The van der Waals surface area contributed by atoms with Gasteiger partial charge in [-0.15, -0.1) is 0 Å². The molecule has 0 N–H and O–H groups in total. The molecule has 0 amide bonds. The van der Waals surface area contributed by atoms with E-state index in [1.54, 1.807) is 48.1 Å². The number of ketones is 1. The van der Waals surface area contributed by atoms with Gasteiger partial charge in [-0.2, -0.15) is 5.10 Å². The zero-order valence-corrected chi connectivity index (χ0v) is 12.6. The van der Waals surface area contributed by atoms with Crippen LogP contribution in [0.5, 0.6) is 0 Å². The van der Waals surface area contributed by atoms with Gasteiger partial charge in [0.15, 0.2) is 5.76 Å². The lowest BCUT2D eigenvalue weighted by Gasteiger charge is -1.99. The summed E-state index contributed by atoms with van der Waals surface area (Å²) in [6.07, 6.45) is 6.70. The van der Waals surface area contributed by atoms with Crippen molar-refractivity contribution in [1.29, 1.82) is 0 Å². The Morgan fingerprint density at radius 2 is 2.00 bits per heavy atom. The molecular formula is C17H13ClN2O2. The van der Waals surface area contributed by atoms with E-state index >= 15 is 0 Å². The van der Waals surface area contributed by atoms with E-state index in [0.29, 0.717) is 16.5 Å². The summed E-state index contributed by atoms with van der Waals surface area (Å²) in [5, 5.41) is 4.93. The van der Waals surface area contributed by atoms with Gasteiger partial charge in [0.1, 0.15) is 5.76 Å². The van der Waals surface area contributed by atoms with Gasteiger partial charge in [-0.25, -0.2) is 4.68 Å². The van der Waals surface area contributed by atoms with Crippen LogP contribution in [0.25, 0.3) is 11.8 Å². The summed E-state index contributed by atoms with van der Waals surface area (Å²) in [5.74, 6) is 0.874. The first-order chi connectivity index (χ1) is 10.6. The van der Waals surface area contributed by atoms with Crippen molar-refractivity contribution in [3.05, 3.63) is 77.0 Å². The average molecular weight is 313 g/mol. The van der Waals surface area contributed by atoms with Crippen LogP contribution in [-0.2, 0) is 0 Å². The maximum atomic E-state index is 11.9. The van der Waals surface area contributed by atoms with Gasteiger partial charge in [0.25, 0.3) is 0 Å². The highest BCUT2D eigenvalue weighted by atomic mass is 35.5. The lowest BCUT2D eigenvalue weighted by molar-refractivity contribution is 0.102. The Kier molecular flexibility index (Phi) is 3.94. The first kappa shape index (κ1) is 14.4. The van der Waals surface area contributed by atoms with Crippen LogP contribution in [0.2, 0.25) is 5.02 Å². The number of aromatic nitrogens is 2. The van der Waals surface area contributed by atoms with Crippen molar-refractivity contribution in [3.8, 4) is 5.69 Å². The highest BCUT2D eigenvalue weighted by Crippen LogP contribution is 2.14. The van der Waals surface area contributed by atoms with E-state index < -0.39 is 0 Å². The van der Waals surface area contributed by atoms with Crippen LogP contribution in [0.15, 0.2) is 59.3 Å². The van der Waals surface area contributed by atoms with E-state index in [1.807, 2.05) is 18.3 Å². The second kappa shape index (κ2) is 6.03. The number of rotatable bonds is 4. The molecule has 4 nitrogen and oxygen atoms in total. The van der Waals surface area contributed by atoms with E-state index in [0.717, 1.165) is 11.3 Å². The molecule has 22 heavy (non-hydrogen) atoms. The first-order valence-electron chi connectivity index (χ1n) is 6.71. The van der Waals surface area contributed by atoms with Crippen LogP contribution in [0.3, 0.4) is 0 Å². The summed E-state index contributed by atoms with van der Waals surface area (Å²) in [5.41, 5.74) is 1.73. The number of carbonyl (C=O) groups excluding carboxylic acids is 1. The molecule has 110 valence electrons. The minimum absolute atomic E-state index is 0.174. The molecule has 0 spiro atoms. The molecule has 0 saturated carbocycles. The number of hydrogen-bond acceptors (Lipinski definition) is 3. The number of nitrogens with zero attached hydrogens (tertiary/aromatic N) is 2. The molecule has 3 rings (SSSR count). The van der Waals surface area contributed by atoms with Crippen LogP contribution in [-0.4, -0.2) is 15.6 Å². The standard InChI is InChI=1S/C17H13ClN2O2/c1-12-2-9-17(22-12)16(21)8-3-13-10-19-20(11-13)15-6-4-14(18)5-7-15/h2-11H,1H3. The predicted octanol–water partition coefficient (Wildman–Crippen LogP) is 4.32. The van der Waals surface area contributed by atoms with E-state index in [4.69, 9.17) is 16.0 Å². The molecule has 0 atom stereocenters. The monoisotopic (exact) mass is 312 g/mol. The summed E-state index contributed by atoms with van der Waals surface area (Å²) in [6.45, 7) is 1.80. The lowest BCUT2D eigenvalue weighted by atomic mass is 10.2. The summed E-state index contributed by atoms with van der Waals surface area (Å²) in [7, 11) is 0. The fourth-order valence-corrected chi connectivity index (χ4v) is 2.10. The van der Waals surface area contributed by atoms with Crippen LogP contribution >= 0.6 is 11.6 Å². The molecule has 1 aromatic carbocycles. The van der Waals surface area contributed by atoms with E-state index in [1.165, 1.54) is 6.08 Å². The number of carbonyl (C=O) groups is 1. The van der Waals surface area contributed by atoms with Crippen molar-refractivity contribution in [2.24, 2.45) is 0 Å². The number of aryl methyl sites for hydroxylation is 1. The second-order valence-corrected chi connectivity index (χ2v) is 5.24. The Morgan fingerprint density at radius 3 is 2.68 bits per heavy atom. The minimum Gasteiger partial charge on any atom is -0.458 e. The smallest absolute Gasteiger partial charge is 0.221 e. The fourth-order valence-electron chi connectivity index (χ4n) is 1.98. The maximum absolute atomic E-state index is 11.9. The molecule has 2 heterocycles. The first-order valence-corrected chi connectivity index (χ1v) is 7.09. The summed E-state index contributed by atoms with van der Waals surface area (Å²) >= 11 is 5.86. The molecule has 2 aromatic heterocycles. The van der Waals surface area contributed by atoms with Gasteiger partial charge >= 0.3 is 0 Å². The van der Waals surface area contributed by atoms with E-state index in [-0.39, 0.29) is 5.78 Å². The van der Waals surface area contributed by atoms with Crippen LogP contribution < -0.4 is 0 Å². The number of allylic oxidation sites excluding steroid dienone is 1. The Hall–Kier alpha value is -2.59. The topological polar surface area (TPSA) is 48.0 Å². The van der Waals surface area contributed by atoms with E-state index in [2.05, 4.69) is 5.10 Å². The molecule has 3 aromatic rings. The predicted molar refractivity (Wildman–Crippen MR) is 85.4 cm³/mol. The molecule has 0 aliphatic rings. The van der Waals surface area contributed by atoms with Gasteiger partial charge < -0.3 is 4.42 Å². The molecular weight excluding hydrogens is 300 g/mol. The van der Waals surface area contributed by atoms with Gasteiger partial charge in [-0.05, 0) is 55.5 Å². The van der Waals surface area contributed by atoms with Crippen LogP contribution in [0.4, 0.5) is 0 Å². The van der Waals surface area contributed by atoms with Gasteiger partial charge in [-0.3, -0.25) is 4.79 Å². The highest BCUT2D eigenvalue weighted by molar-refractivity contribution is 6.30. The van der Waals surface area contributed by atoms with Gasteiger partial charge in [-0.1, -0.05) is 11.6 Å². The largest absolute Gasteiger partial charge is 0.458 e. The molecule has 0 saturated heterocycles. The Labute approximate surface area is 132 Å². The SMILES string of the molecule is Cc1ccc(C(=O)C=Cc2cnn(-c3ccc(Cl)cc3)c2)o1. The number of halogens is 1. The summed E-state index contributed by atoms with van der Waals surface area (Å²) in [6, 6.07) is 10.8. The van der Waals surface area contributed by atoms with Gasteiger partial charge in [0.2, 0.25) is 5.78 Å². The Morgan fingerprint density at radius 1 is 1.23 bits per heavy atom. The lowest BCUT2D eigenvalue weighted by Crippen LogP contribution is -1.92. The van der Waals surface area contributed by atoms with Crippen molar-refractivity contribution in [2.45, 2.75) is 6.92 Å². The number of furan rings is 1. The summed E-state index contributed by atoms with van der Waals surface area (Å²) in [4.78, 5) is 11.9. The normalized spacial score (nSPS) is 11.2. The number of benzene rings is 1. The molecule has 0 aliphatic carbocycles. The fraction of sp³-hybridized carbons (Fsp3) is 0.0588. The molecule has 0 bridgehead atoms. The zero-order chi connectivity index (χ0) is 15.5. The zero-order valence-electron chi connectivity index (χ0n) is 11.9. The molecule has 0 unspecified atom stereocenters. The third-order valence-corrected chi connectivity index (χ3v) is 3.36. The third kappa shape index (κ3) is 3.18. The molecule has 5 heteroatoms. The quantitative estimate of drug-likeness (QED) is 0.532. The Bertz CT molecular complexity index is 828. The van der Waals surface area contributed by atoms with Gasteiger partial charge in [0, 0.05) is 16.8 Å². The minimum atomic E-state index is -0.174. The highest BCUT2D eigenvalue weighted by Gasteiger charge is 2.06. The molecule has 0 aliphatic heterocycles. The maximum Gasteiger partial charge on any atom is 0.221 e. The van der Waals surface area contributed by atoms with Crippen molar-refractivity contribution < 1.29 is 9.21 Å².